The van der Waals surface area contributed by atoms with E-state index in [1.54, 1.807) is 7.11 Å². The van der Waals surface area contributed by atoms with Crippen LogP contribution in [0.1, 0.15) is 25.7 Å². The molecular formula is C10H14N2O4. The van der Waals surface area contributed by atoms with Crippen molar-refractivity contribution in [3.8, 4) is 0 Å². The molecule has 0 spiro atoms. The number of methoxy groups -OCH3 is 1. The molecule has 2 aliphatic rings. The second-order valence-electron chi connectivity index (χ2n) is 4.07. The van der Waals surface area contributed by atoms with E-state index in [4.69, 9.17) is 4.74 Å². The molecule has 0 radical (unpaired) electrons. The summed E-state index contributed by atoms with van der Waals surface area (Å²) in [4.78, 5) is 35.4. The van der Waals surface area contributed by atoms with Gasteiger partial charge in [0.2, 0.25) is 11.8 Å². The highest BCUT2D eigenvalue weighted by Gasteiger charge is 2.41. The van der Waals surface area contributed by atoms with Crippen LogP contribution in [0.2, 0.25) is 0 Å². The lowest BCUT2D eigenvalue weighted by atomic mass is 10.1. The number of carbonyl (C=O) groups excluding carboxylic acids is 3. The predicted octanol–water partition coefficient (Wildman–Crippen LogP) is 0.0224. The quantitative estimate of drug-likeness (QED) is 0.673. The molecule has 2 rings (SSSR count). The van der Waals surface area contributed by atoms with E-state index in [1.807, 2.05) is 0 Å². The summed E-state index contributed by atoms with van der Waals surface area (Å²) < 4.78 is 5.24. The third kappa shape index (κ3) is 1.80. The number of hydrogen-bond acceptors (Lipinski definition) is 4. The van der Waals surface area contributed by atoms with Crippen LogP contribution in [0.15, 0.2) is 0 Å². The fourth-order valence-electron chi connectivity index (χ4n) is 2.37. The van der Waals surface area contributed by atoms with Crippen LogP contribution in [0.3, 0.4) is 0 Å². The first kappa shape index (κ1) is 11.1. The highest BCUT2D eigenvalue weighted by atomic mass is 16.5. The van der Waals surface area contributed by atoms with Crippen LogP contribution in [0.5, 0.6) is 0 Å². The van der Waals surface area contributed by atoms with E-state index in [0.717, 1.165) is 24.2 Å². The van der Waals surface area contributed by atoms with Gasteiger partial charge in [-0.05, 0) is 19.3 Å². The van der Waals surface area contributed by atoms with Crippen molar-refractivity contribution in [2.75, 3.05) is 7.11 Å². The summed E-state index contributed by atoms with van der Waals surface area (Å²) in [7, 11) is 1.57. The van der Waals surface area contributed by atoms with Crippen LogP contribution < -0.4 is 5.32 Å². The zero-order valence-corrected chi connectivity index (χ0v) is 9.06. The van der Waals surface area contributed by atoms with Gasteiger partial charge >= 0.3 is 6.03 Å². The molecule has 0 bridgehead atoms. The molecule has 1 saturated heterocycles. The number of ether oxygens (including phenoxy) is 1. The first-order chi connectivity index (χ1) is 7.63. The van der Waals surface area contributed by atoms with E-state index >= 15 is 0 Å². The van der Waals surface area contributed by atoms with Crippen LogP contribution in [0, 0.1) is 0 Å². The Kier molecular flexibility index (Phi) is 2.91. The van der Waals surface area contributed by atoms with Crippen molar-refractivity contribution in [1.82, 2.24) is 10.2 Å². The maximum atomic E-state index is 11.7. The monoisotopic (exact) mass is 226 g/mol. The molecule has 1 saturated carbocycles. The molecule has 1 aliphatic carbocycles. The minimum absolute atomic E-state index is 0.108. The van der Waals surface area contributed by atoms with Gasteiger partial charge in [-0.15, -0.1) is 0 Å². The summed E-state index contributed by atoms with van der Waals surface area (Å²) in [5, 5.41) is 2.15. The fraction of sp³-hybridized carbons (Fsp3) is 0.700. The predicted molar refractivity (Wildman–Crippen MR) is 53.4 cm³/mol. The average molecular weight is 226 g/mol. The molecule has 0 aromatic heterocycles. The third-order valence-electron chi connectivity index (χ3n) is 3.10. The topological polar surface area (TPSA) is 75.7 Å². The number of urea groups is 1. The third-order valence-corrected chi connectivity index (χ3v) is 3.10. The number of carbonyl (C=O) groups is 3. The van der Waals surface area contributed by atoms with E-state index in [9.17, 15) is 14.4 Å². The molecule has 1 N–H and O–H groups in total. The van der Waals surface area contributed by atoms with E-state index in [2.05, 4.69) is 5.32 Å². The molecule has 6 nitrogen and oxygen atoms in total. The van der Waals surface area contributed by atoms with Crippen molar-refractivity contribution in [2.24, 2.45) is 0 Å². The van der Waals surface area contributed by atoms with Crippen LogP contribution >= 0.6 is 0 Å². The van der Waals surface area contributed by atoms with Gasteiger partial charge in [-0.3, -0.25) is 19.8 Å². The second kappa shape index (κ2) is 4.21. The molecule has 0 aromatic carbocycles. The average Bonchev–Trinajstić information content (AvgIpc) is 2.64. The Balaban J connectivity index is 2.16. The Bertz CT molecular complexity index is 322. The normalized spacial score (nSPS) is 30.8. The first-order valence-electron chi connectivity index (χ1n) is 5.32. The standard InChI is InChI=1S/C10H14N2O4/c1-16-7-4-2-3-6(7)12-9(14)5-8(13)11-10(12)15/h6-7H,2-5H2,1H3,(H,11,13,15). The second-order valence-corrected chi connectivity index (χ2v) is 4.07. The highest BCUT2D eigenvalue weighted by Crippen LogP contribution is 2.27. The minimum atomic E-state index is -0.616. The van der Waals surface area contributed by atoms with Gasteiger partial charge in [-0.2, -0.15) is 0 Å². The SMILES string of the molecule is COC1CCCC1N1C(=O)CC(=O)NC1=O. The van der Waals surface area contributed by atoms with E-state index in [0.29, 0.717) is 0 Å². The Morgan fingerprint density at radius 1 is 1.31 bits per heavy atom. The maximum Gasteiger partial charge on any atom is 0.331 e. The zero-order chi connectivity index (χ0) is 11.7. The van der Waals surface area contributed by atoms with Gasteiger partial charge in [0.05, 0.1) is 12.1 Å². The smallest absolute Gasteiger partial charge is 0.331 e. The number of rotatable bonds is 2. The van der Waals surface area contributed by atoms with Gasteiger partial charge in [-0.25, -0.2) is 4.79 Å². The molecule has 2 fully saturated rings. The first-order valence-corrected chi connectivity index (χ1v) is 5.32. The summed E-state index contributed by atoms with van der Waals surface area (Å²) in [6.07, 6.45) is 2.15. The van der Waals surface area contributed by atoms with Crippen molar-refractivity contribution >= 4 is 17.8 Å². The largest absolute Gasteiger partial charge is 0.379 e. The van der Waals surface area contributed by atoms with Gasteiger partial charge in [-0.1, -0.05) is 0 Å². The summed E-state index contributed by atoms with van der Waals surface area (Å²) in [5.41, 5.74) is 0. The summed E-state index contributed by atoms with van der Waals surface area (Å²) in [5.74, 6) is -0.957. The Labute approximate surface area is 92.9 Å². The number of amides is 4. The lowest BCUT2D eigenvalue weighted by Gasteiger charge is -2.32. The fourth-order valence-corrected chi connectivity index (χ4v) is 2.37. The Morgan fingerprint density at radius 2 is 2.06 bits per heavy atom. The van der Waals surface area contributed by atoms with Crippen molar-refractivity contribution < 1.29 is 19.1 Å². The zero-order valence-electron chi connectivity index (χ0n) is 9.06. The molecule has 4 amide bonds. The van der Waals surface area contributed by atoms with Gasteiger partial charge in [0, 0.05) is 7.11 Å². The molecule has 88 valence electrons. The van der Waals surface area contributed by atoms with Crippen LogP contribution in [-0.4, -0.2) is 42.0 Å². The van der Waals surface area contributed by atoms with Gasteiger partial charge in [0.25, 0.3) is 0 Å². The Hall–Kier alpha value is -1.43. The molecule has 1 aliphatic heterocycles. The number of imide groups is 2. The molecule has 2 unspecified atom stereocenters. The molecule has 2 atom stereocenters. The van der Waals surface area contributed by atoms with E-state index in [-0.39, 0.29) is 18.6 Å². The van der Waals surface area contributed by atoms with Crippen LogP contribution in [0.25, 0.3) is 0 Å². The van der Waals surface area contributed by atoms with Crippen molar-refractivity contribution in [3.05, 3.63) is 0 Å². The summed E-state index contributed by atoms with van der Waals surface area (Å²) >= 11 is 0. The molecule has 6 heteroatoms. The number of nitrogens with one attached hydrogen (secondary N) is 1. The molecule has 1 heterocycles. The molecule has 0 aromatic rings. The molecule has 16 heavy (non-hydrogen) atoms. The van der Waals surface area contributed by atoms with Crippen molar-refractivity contribution in [2.45, 2.75) is 37.8 Å². The van der Waals surface area contributed by atoms with E-state index < -0.39 is 17.8 Å². The number of hydrogen-bond donors (Lipinski definition) is 1. The Morgan fingerprint density at radius 3 is 2.69 bits per heavy atom. The van der Waals surface area contributed by atoms with Crippen molar-refractivity contribution in [3.63, 3.8) is 0 Å². The van der Waals surface area contributed by atoms with Crippen LogP contribution in [-0.2, 0) is 14.3 Å². The summed E-state index contributed by atoms with van der Waals surface area (Å²) in [6, 6.07) is -0.846. The highest BCUT2D eigenvalue weighted by molar-refractivity contribution is 6.14. The van der Waals surface area contributed by atoms with Crippen LogP contribution in [0.4, 0.5) is 4.79 Å². The number of barbiturate groups is 1. The van der Waals surface area contributed by atoms with Gasteiger partial charge < -0.3 is 4.74 Å². The minimum Gasteiger partial charge on any atom is -0.379 e. The maximum absolute atomic E-state index is 11.7. The lowest BCUT2D eigenvalue weighted by molar-refractivity contribution is -0.139. The number of nitrogens with zero attached hydrogens (tertiary/aromatic N) is 1. The molecular weight excluding hydrogens is 212 g/mol. The summed E-state index contributed by atoms with van der Waals surface area (Å²) in [6.45, 7) is 0. The van der Waals surface area contributed by atoms with Gasteiger partial charge in [0.15, 0.2) is 0 Å². The van der Waals surface area contributed by atoms with Crippen molar-refractivity contribution in [1.29, 1.82) is 0 Å². The van der Waals surface area contributed by atoms with Gasteiger partial charge in [0.1, 0.15) is 6.42 Å². The lowest BCUT2D eigenvalue weighted by Crippen LogP contribution is -2.58. The van der Waals surface area contributed by atoms with E-state index in [1.165, 1.54) is 0 Å².